The lowest BCUT2D eigenvalue weighted by Crippen LogP contribution is -2.41. The molecule has 0 bridgehead atoms. The summed E-state index contributed by atoms with van der Waals surface area (Å²) in [7, 11) is 0. The van der Waals surface area contributed by atoms with Crippen molar-refractivity contribution in [3.05, 3.63) is 36.2 Å². The number of hydrogen-bond acceptors (Lipinski definition) is 4. The van der Waals surface area contributed by atoms with Crippen molar-refractivity contribution in [1.29, 1.82) is 0 Å². The van der Waals surface area contributed by atoms with Crippen molar-refractivity contribution in [3.63, 3.8) is 0 Å². The van der Waals surface area contributed by atoms with E-state index in [1.807, 2.05) is 35.2 Å². The summed E-state index contributed by atoms with van der Waals surface area (Å²) in [6.07, 6.45) is 2.69. The zero-order chi connectivity index (χ0) is 15.8. The molecule has 2 unspecified atom stereocenters. The van der Waals surface area contributed by atoms with E-state index >= 15 is 0 Å². The number of nitrogens with two attached hydrogens (primary N) is 1. The normalized spacial score (nSPS) is 21.9. The second-order valence-electron chi connectivity index (χ2n) is 6.49. The van der Waals surface area contributed by atoms with E-state index in [1.54, 1.807) is 0 Å². The molecule has 1 aliphatic heterocycles. The van der Waals surface area contributed by atoms with Crippen LogP contribution in [0.3, 0.4) is 0 Å². The fourth-order valence-corrected chi connectivity index (χ4v) is 3.65. The molecule has 136 valence electrons. The van der Waals surface area contributed by atoms with Gasteiger partial charge in [0.05, 0.1) is 6.54 Å². The Kier molecular flexibility index (Phi) is 6.43. The molecule has 2 heterocycles. The molecule has 8 heteroatoms. The molecule has 1 aliphatic carbocycles. The highest BCUT2D eigenvalue weighted by atomic mass is 35.5. The predicted molar refractivity (Wildman–Crippen MR) is 101 cm³/mol. The van der Waals surface area contributed by atoms with Crippen LogP contribution in [0.2, 0.25) is 0 Å². The number of halogens is 2. The number of nitrogens with zero attached hydrogens (tertiary/aromatic N) is 4. The van der Waals surface area contributed by atoms with Gasteiger partial charge in [-0.2, -0.15) is 0 Å². The van der Waals surface area contributed by atoms with Crippen LogP contribution < -0.4 is 5.73 Å². The summed E-state index contributed by atoms with van der Waals surface area (Å²) in [4.78, 5) is 14.6. The molecule has 1 fully saturated rings. The Balaban J connectivity index is 0.00000113. The summed E-state index contributed by atoms with van der Waals surface area (Å²) in [6, 6.07) is 10.2. The van der Waals surface area contributed by atoms with Crippen LogP contribution in [0.5, 0.6) is 0 Å². The first-order chi connectivity index (χ1) is 11.2. The third-order valence-electron chi connectivity index (χ3n) is 4.92. The van der Waals surface area contributed by atoms with E-state index in [-0.39, 0.29) is 42.7 Å². The lowest BCUT2D eigenvalue weighted by atomic mass is 10.1. The van der Waals surface area contributed by atoms with Gasteiger partial charge in [-0.1, -0.05) is 30.3 Å². The summed E-state index contributed by atoms with van der Waals surface area (Å²) < 4.78 is 2.12. The van der Waals surface area contributed by atoms with Gasteiger partial charge in [0.25, 0.3) is 0 Å². The first kappa shape index (κ1) is 19.7. The maximum atomic E-state index is 12.6. The molecule has 1 aromatic heterocycles. The van der Waals surface area contributed by atoms with Gasteiger partial charge in [-0.3, -0.25) is 4.79 Å². The minimum absolute atomic E-state index is 0. The maximum absolute atomic E-state index is 12.6. The van der Waals surface area contributed by atoms with Gasteiger partial charge in [0, 0.05) is 30.6 Å². The number of amides is 1. The van der Waals surface area contributed by atoms with Gasteiger partial charge >= 0.3 is 0 Å². The first-order valence-corrected chi connectivity index (χ1v) is 8.24. The Morgan fingerprint density at radius 3 is 2.52 bits per heavy atom. The monoisotopic (exact) mass is 383 g/mol. The van der Waals surface area contributed by atoms with E-state index in [9.17, 15) is 4.79 Å². The van der Waals surface area contributed by atoms with Gasteiger partial charge in [0.2, 0.25) is 5.91 Å². The topological polar surface area (TPSA) is 77.0 Å². The average molecular weight is 384 g/mol. The summed E-state index contributed by atoms with van der Waals surface area (Å²) in [5, 5.41) is 8.63. The molecule has 2 atom stereocenters. The highest BCUT2D eigenvalue weighted by Crippen LogP contribution is 2.28. The third-order valence-corrected chi connectivity index (χ3v) is 4.92. The maximum Gasteiger partial charge on any atom is 0.226 e. The Morgan fingerprint density at radius 2 is 1.84 bits per heavy atom. The van der Waals surface area contributed by atoms with Crippen LogP contribution in [0.15, 0.2) is 30.3 Å². The quantitative estimate of drug-likeness (QED) is 0.862. The molecule has 0 saturated heterocycles. The van der Waals surface area contributed by atoms with Crippen molar-refractivity contribution >= 4 is 30.7 Å². The van der Waals surface area contributed by atoms with Gasteiger partial charge in [-0.15, -0.1) is 35.0 Å². The molecule has 1 amide bonds. The lowest BCUT2D eigenvalue weighted by molar-refractivity contribution is -0.136. The van der Waals surface area contributed by atoms with Crippen molar-refractivity contribution in [2.45, 2.75) is 38.4 Å². The van der Waals surface area contributed by atoms with Crippen molar-refractivity contribution in [1.82, 2.24) is 19.7 Å². The van der Waals surface area contributed by atoms with Crippen molar-refractivity contribution < 1.29 is 4.79 Å². The third kappa shape index (κ3) is 3.81. The Bertz CT molecular complexity index is 721. The smallest absolute Gasteiger partial charge is 0.226 e. The van der Waals surface area contributed by atoms with Crippen LogP contribution in [0, 0.1) is 5.92 Å². The first-order valence-electron chi connectivity index (χ1n) is 8.24. The van der Waals surface area contributed by atoms with Gasteiger partial charge < -0.3 is 15.2 Å². The van der Waals surface area contributed by atoms with Crippen LogP contribution in [0.25, 0.3) is 11.4 Å². The summed E-state index contributed by atoms with van der Waals surface area (Å²) in [5.41, 5.74) is 7.00. The van der Waals surface area contributed by atoms with Crippen LogP contribution in [-0.4, -0.2) is 38.2 Å². The number of carbonyl (C=O) groups is 1. The fraction of sp³-hybridized carbons (Fsp3) is 0.471. The van der Waals surface area contributed by atoms with E-state index in [2.05, 4.69) is 14.8 Å². The Morgan fingerprint density at radius 1 is 1.08 bits per heavy atom. The zero-order valence-electron chi connectivity index (χ0n) is 13.9. The molecule has 0 radical (unpaired) electrons. The lowest BCUT2D eigenvalue weighted by Gasteiger charge is -2.30. The Labute approximate surface area is 159 Å². The van der Waals surface area contributed by atoms with Crippen molar-refractivity contribution in [2.24, 2.45) is 11.7 Å². The minimum Gasteiger partial charge on any atom is -0.333 e. The van der Waals surface area contributed by atoms with Gasteiger partial charge in [0.1, 0.15) is 0 Å². The van der Waals surface area contributed by atoms with Crippen LogP contribution in [0.4, 0.5) is 0 Å². The van der Waals surface area contributed by atoms with Gasteiger partial charge in [-0.05, 0) is 19.3 Å². The van der Waals surface area contributed by atoms with Crippen molar-refractivity contribution in [2.75, 3.05) is 6.54 Å². The summed E-state index contributed by atoms with van der Waals surface area (Å²) >= 11 is 0. The van der Waals surface area contributed by atoms with Crippen LogP contribution >= 0.6 is 24.8 Å². The van der Waals surface area contributed by atoms with E-state index in [0.29, 0.717) is 6.54 Å². The van der Waals surface area contributed by atoms with Gasteiger partial charge in [0.15, 0.2) is 11.6 Å². The number of fused-ring (bicyclic) bond motifs is 1. The number of hydrogen-bond donors (Lipinski definition) is 1. The molecule has 25 heavy (non-hydrogen) atoms. The van der Waals surface area contributed by atoms with E-state index in [4.69, 9.17) is 5.73 Å². The molecular weight excluding hydrogens is 361 g/mol. The standard InChI is InChI=1S/C17H21N5O.2ClH/c18-14-7-6-13(10-14)17(23)21-8-9-22-15(11-21)19-20-16(22)12-4-2-1-3-5-12;;/h1-5,13-14H,6-11,18H2;2*1H. The molecule has 1 aromatic carbocycles. The second kappa shape index (κ2) is 8.17. The molecule has 0 spiro atoms. The van der Waals surface area contributed by atoms with Crippen LogP contribution in [0.1, 0.15) is 25.1 Å². The van der Waals surface area contributed by atoms with Gasteiger partial charge in [-0.25, -0.2) is 0 Å². The van der Waals surface area contributed by atoms with Crippen LogP contribution in [-0.2, 0) is 17.9 Å². The highest BCUT2D eigenvalue weighted by Gasteiger charge is 2.33. The molecule has 2 aliphatic rings. The largest absolute Gasteiger partial charge is 0.333 e. The molecule has 2 aromatic rings. The summed E-state index contributed by atoms with van der Waals surface area (Å²) in [5.74, 6) is 2.07. The fourth-order valence-electron chi connectivity index (χ4n) is 3.65. The Hall–Kier alpha value is -1.63. The highest BCUT2D eigenvalue weighted by molar-refractivity contribution is 5.85. The molecule has 2 N–H and O–H groups in total. The van der Waals surface area contributed by atoms with Crippen molar-refractivity contribution in [3.8, 4) is 11.4 Å². The molecular formula is C17H23Cl2N5O. The average Bonchev–Trinajstić information content (AvgIpc) is 3.20. The number of benzene rings is 1. The zero-order valence-corrected chi connectivity index (χ0v) is 15.5. The molecule has 6 nitrogen and oxygen atoms in total. The second-order valence-corrected chi connectivity index (χ2v) is 6.49. The van der Waals surface area contributed by atoms with E-state index in [1.165, 1.54) is 0 Å². The molecule has 4 rings (SSSR count). The predicted octanol–water partition coefficient (Wildman–Crippen LogP) is 2.26. The number of aromatic nitrogens is 3. The van der Waals surface area contributed by atoms with E-state index in [0.717, 1.165) is 49.6 Å². The molecule has 1 saturated carbocycles. The van der Waals surface area contributed by atoms with E-state index < -0.39 is 0 Å². The minimum atomic E-state index is 0. The SMILES string of the molecule is Cl.Cl.NC1CCC(C(=O)N2CCn3c(nnc3-c3ccccc3)C2)C1. The summed E-state index contributed by atoms with van der Waals surface area (Å²) in [6.45, 7) is 2.01. The number of rotatable bonds is 2. The number of carbonyl (C=O) groups excluding carboxylic acids is 1.